The summed E-state index contributed by atoms with van der Waals surface area (Å²) in [6.07, 6.45) is 9.11. The van der Waals surface area contributed by atoms with Crippen molar-refractivity contribution in [1.82, 2.24) is 9.80 Å². The molecule has 110 valence electrons. The summed E-state index contributed by atoms with van der Waals surface area (Å²) in [6.45, 7) is 2.19. The highest BCUT2D eigenvalue weighted by molar-refractivity contribution is 5.77. The second kappa shape index (κ2) is 4.57. The molecule has 0 spiro atoms. The minimum Gasteiger partial charge on any atom is -0.391 e. The maximum atomic E-state index is 12.4. The lowest BCUT2D eigenvalue weighted by Gasteiger charge is -2.60. The number of hydrogen-bond donors (Lipinski definition) is 1. The Morgan fingerprint density at radius 3 is 2.95 bits per heavy atom. The Bertz CT molecular complexity index is 461. The van der Waals surface area contributed by atoms with E-state index >= 15 is 0 Å². The first-order valence-electron chi connectivity index (χ1n) is 8.09. The van der Waals surface area contributed by atoms with Crippen LogP contribution in [0.15, 0.2) is 11.6 Å². The molecule has 4 heteroatoms. The van der Waals surface area contributed by atoms with Crippen LogP contribution < -0.4 is 0 Å². The maximum Gasteiger partial charge on any atom is 0.224 e. The molecule has 20 heavy (non-hydrogen) atoms. The summed E-state index contributed by atoms with van der Waals surface area (Å²) < 4.78 is 0. The average molecular weight is 276 g/mol. The number of carbonyl (C=O) groups excluding carboxylic acids is 1. The van der Waals surface area contributed by atoms with Crippen LogP contribution in [0.5, 0.6) is 0 Å². The molecule has 4 aliphatic heterocycles. The van der Waals surface area contributed by atoms with Gasteiger partial charge in [-0.15, -0.1) is 0 Å². The van der Waals surface area contributed by atoms with Gasteiger partial charge in [0.05, 0.1) is 18.3 Å². The Balaban J connectivity index is 1.72. The molecule has 0 aromatic heterocycles. The van der Waals surface area contributed by atoms with Gasteiger partial charge in [0.15, 0.2) is 0 Å². The van der Waals surface area contributed by atoms with Crippen molar-refractivity contribution >= 4 is 5.91 Å². The molecule has 4 heterocycles. The molecule has 2 unspecified atom stereocenters. The van der Waals surface area contributed by atoms with E-state index in [1.54, 1.807) is 0 Å². The van der Waals surface area contributed by atoms with Crippen molar-refractivity contribution in [3.05, 3.63) is 11.6 Å². The van der Waals surface area contributed by atoms with Gasteiger partial charge in [0.1, 0.15) is 0 Å². The zero-order valence-corrected chi connectivity index (χ0v) is 12.2. The minimum atomic E-state index is -0.263. The fourth-order valence-corrected chi connectivity index (χ4v) is 4.96. The highest BCUT2D eigenvalue weighted by Gasteiger charge is 2.51. The van der Waals surface area contributed by atoms with Crippen molar-refractivity contribution in [2.75, 3.05) is 0 Å². The first-order valence-corrected chi connectivity index (χ1v) is 8.09. The van der Waals surface area contributed by atoms with E-state index in [-0.39, 0.29) is 18.3 Å². The van der Waals surface area contributed by atoms with Gasteiger partial charge < -0.3 is 10.0 Å². The highest BCUT2D eigenvalue weighted by Crippen LogP contribution is 2.43. The zero-order valence-electron chi connectivity index (χ0n) is 12.2. The summed E-state index contributed by atoms with van der Waals surface area (Å²) in [5.41, 5.74) is 1.41. The summed E-state index contributed by atoms with van der Waals surface area (Å²) in [5.74, 6) is 0.339. The van der Waals surface area contributed by atoms with Crippen molar-refractivity contribution in [3.8, 4) is 0 Å². The number of piperidine rings is 2. The van der Waals surface area contributed by atoms with Crippen LogP contribution in [-0.2, 0) is 4.79 Å². The molecule has 4 rings (SSSR count). The predicted octanol–water partition coefficient (Wildman–Crippen LogP) is 1.64. The Morgan fingerprint density at radius 1 is 1.25 bits per heavy atom. The van der Waals surface area contributed by atoms with E-state index in [4.69, 9.17) is 0 Å². The molecule has 0 bridgehead atoms. The van der Waals surface area contributed by atoms with Gasteiger partial charge in [-0.1, -0.05) is 11.6 Å². The fraction of sp³-hybridized carbons (Fsp3) is 0.812. The number of fused-ring (bicyclic) bond motifs is 2. The van der Waals surface area contributed by atoms with Crippen LogP contribution in [0, 0.1) is 0 Å². The number of aliphatic hydroxyl groups excluding tert-OH is 1. The Kier molecular flexibility index (Phi) is 2.93. The average Bonchev–Trinajstić information content (AvgIpc) is 2.41. The standard InChI is InChI=1S/C16H24N2O2/c1-10-7-12-9-11-3-2-4-16(20)18(11)15-6-5-14(19)13(8-10)17(12)15/h8,11-15,19H,2-7,9H2,1H3/t11?,12?,13-,14-,15+/m1/s1. The van der Waals surface area contributed by atoms with Crippen molar-refractivity contribution in [1.29, 1.82) is 0 Å². The Labute approximate surface area is 120 Å². The molecule has 1 N–H and O–H groups in total. The quantitative estimate of drug-likeness (QED) is 0.684. The second-order valence-electron chi connectivity index (χ2n) is 7.02. The van der Waals surface area contributed by atoms with E-state index in [0.29, 0.717) is 24.4 Å². The van der Waals surface area contributed by atoms with Gasteiger partial charge in [-0.2, -0.15) is 0 Å². The molecule has 3 saturated heterocycles. The summed E-state index contributed by atoms with van der Waals surface area (Å²) >= 11 is 0. The van der Waals surface area contributed by atoms with Crippen LogP contribution >= 0.6 is 0 Å². The van der Waals surface area contributed by atoms with Crippen LogP contribution in [0.25, 0.3) is 0 Å². The van der Waals surface area contributed by atoms with E-state index < -0.39 is 0 Å². The van der Waals surface area contributed by atoms with Crippen molar-refractivity contribution < 1.29 is 9.90 Å². The van der Waals surface area contributed by atoms with Gasteiger partial charge in [-0.3, -0.25) is 9.69 Å². The summed E-state index contributed by atoms with van der Waals surface area (Å²) in [5, 5.41) is 10.3. The van der Waals surface area contributed by atoms with E-state index in [9.17, 15) is 9.90 Å². The van der Waals surface area contributed by atoms with E-state index in [1.165, 1.54) is 12.0 Å². The second-order valence-corrected chi connectivity index (χ2v) is 7.02. The number of rotatable bonds is 0. The molecule has 4 aliphatic rings. The van der Waals surface area contributed by atoms with E-state index in [0.717, 1.165) is 32.1 Å². The number of nitrogens with zero attached hydrogens (tertiary/aromatic N) is 2. The topological polar surface area (TPSA) is 43.8 Å². The monoisotopic (exact) mass is 276 g/mol. The van der Waals surface area contributed by atoms with Gasteiger partial charge in [0.25, 0.3) is 0 Å². The van der Waals surface area contributed by atoms with Crippen LogP contribution in [-0.4, -0.2) is 51.2 Å². The molecule has 0 aliphatic carbocycles. The minimum absolute atomic E-state index is 0.128. The number of hydrogen-bond acceptors (Lipinski definition) is 3. The normalized spacial score (nSPS) is 44.7. The van der Waals surface area contributed by atoms with E-state index in [2.05, 4.69) is 22.8 Å². The van der Waals surface area contributed by atoms with Gasteiger partial charge in [-0.25, -0.2) is 0 Å². The lowest BCUT2D eigenvalue weighted by molar-refractivity contribution is -0.171. The maximum absolute atomic E-state index is 12.4. The molecular formula is C16H24N2O2. The van der Waals surface area contributed by atoms with Crippen molar-refractivity contribution in [2.24, 2.45) is 0 Å². The third-order valence-corrected chi connectivity index (χ3v) is 5.71. The first-order chi connectivity index (χ1) is 9.65. The lowest BCUT2D eigenvalue weighted by atomic mass is 9.79. The molecule has 0 aromatic rings. The molecule has 4 nitrogen and oxygen atoms in total. The van der Waals surface area contributed by atoms with Gasteiger partial charge in [0, 0.05) is 18.5 Å². The van der Waals surface area contributed by atoms with Crippen LogP contribution in [0.4, 0.5) is 0 Å². The largest absolute Gasteiger partial charge is 0.391 e. The molecule has 0 aromatic carbocycles. The van der Waals surface area contributed by atoms with Crippen LogP contribution in [0.1, 0.15) is 51.9 Å². The SMILES string of the molecule is CC1=C[C@@H]2[C@H](O)CC[C@@H]3N4C(=O)CCCC4CC(C1)N23. The Hall–Kier alpha value is -0.870. The Morgan fingerprint density at radius 2 is 2.10 bits per heavy atom. The molecular weight excluding hydrogens is 252 g/mol. The van der Waals surface area contributed by atoms with Crippen LogP contribution in [0.2, 0.25) is 0 Å². The van der Waals surface area contributed by atoms with Crippen LogP contribution in [0.3, 0.4) is 0 Å². The zero-order chi connectivity index (χ0) is 13.9. The molecule has 3 fully saturated rings. The molecule has 0 radical (unpaired) electrons. The fourth-order valence-electron chi connectivity index (χ4n) is 4.96. The third-order valence-electron chi connectivity index (χ3n) is 5.71. The van der Waals surface area contributed by atoms with Crippen molar-refractivity contribution in [3.63, 3.8) is 0 Å². The van der Waals surface area contributed by atoms with Gasteiger partial charge >= 0.3 is 0 Å². The predicted molar refractivity (Wildman–Crippen MR) is 75.9 cm³/mol. The third kappa shape index (κ3) is 1.77. The van der Waals surface area contributed by atoms with Crippen molar-refractivity contribution in [2.45, 2.75) is 82.3 Å². The highest BCUT2D eigenvalue weighted by atomic mass is 16.3. The number of amides is 1. The molecule has 1 amide bonds. The van der Waals surface area contributed by atoms with E-state index in [1.807, 2.05) is 0 Å². The lowest BCUT2D eigenvalue weighted by Crippen LogP contribution is -2.70. The number of carbonyl (C=O) groups is 1. The summed E-state index contributed by atoms with van der Waals surface area (Å²) in [4.78, 5) is 17.0. The van der Waals surface area contributed by atoms with Gasteiger partial charge in [0.2, 0.25) is 5.91 Å². The summed E-state index contributed by atoms with van der Waals surface area (Å²) in [6, 6.07) is 1.10. The molecule has 0 saturated carbocycles. The van der Waals surface area contributed by atoms with Gasteiger partial charge in [-0.05, 0) is 45.4 Å². The number of aliphatic hydroxyl groups is 1. The summed E-state index contributed by atoms with van der Waals surface area (Å²) in [7, 11) is 0. The smallest absolute Gasteiger partial charge is 0.224 e. The molecule has 5 atom stereocenters. The first kappa shape index (κ1) is 12.8.